The zero-order valence-electron chi connectivity index (χ0n) is 12.4. The maximum Gasteiger partial charge on any atom is 0.407 e. The van der Waals surface area contributed by atoms with E-state index in [4.69, 9.17) is 9.29 Å². The molecule has 8 nitrogen and oxygen atoms in total. The number of esters is 1. The van der Waals surface area contributed by atoms with E-state index in [1.807, 2.05) is 5.32 Å². The average molecular weight is 347 g/mol. The molecule has 0 saturated carbocycles. The molecule has 0 fully saturated rings. The molecular weight excluding hydrogens is 328 g/mol. The molecule has 0 heterocycles. The van der Waals surface area contributed by atoms with Gasteiger partial charge in [0.25, 0.3) is 0 Å². The molecule has 0 aromatic rings. The first-order valence-corrected chi connectivity index (χ1v) is 7.70. The first-order chi connectivity index (χ1) is 9.83. The van der Waals surface area contributed by atoms with E-state index < -0.39 is 39.5 Å². The summed E-state index contributed by atoms with van der Waals surface area (Å²) < 4.78 is 63.0. The first kappa shape index (κ1) is 20.5. The number of alkyl halides is 2. The van der Waals surface area contributed by atoms with E-state index in [-0.39, 0.29) is 13.2 Å². The number of amides is 1. The Balaban J connectivity index is 4.06. The van der Waals surface area contributed by atoms with Crippen LogP contribution in [0.2, 0.25) is 0 Å². The minimum atomic E-state index is -5.66. The van der Waals surface area contributed by atoms with Gasteiger partial charge in [0.1, 0.15) is 6.61 Å². The first-order valence-electron chi connectivity index (χ1n) is 6.26. The van der Waals surface area contributed by atoms with Crippen molar-refractivity contribution >= 4 is 22.2 Å². The monoisotopic (exact) mass is 347 g/mol. The van der Waals surface area contributed by atoms with Crippen molar-refractivity contribution in [2.45, 2.75) is 32.4 Å². The standard InChI is InChI=1S/C11H19F2NO7S/c1-4-10(2,3)8(15)20-6-5-14-9(16)21-7-11(12,13)22(17,18)19/h4-7H2,1-3H3,(H,14,16)(H,17,18,19). The predicted molar refractivity (Wildman–Crippen MR) is 70.9 cm³/mol. The molecule has 0 aliphatic heterocycles. The summed E-state index contributed by atoms with van der Waals surface area (Å²) in [6, 6.07) is 0. The second-order valence-electron chi connectivity index (χ2n) is 4.99. The quantitative estimate of drug-likeness (QED) is 0.384. The van der Waals surface area contributed by atoms with Crippen LogP contribution in [0.15, 0.2) is 0 Å². The number of alkyl carbamates (subject to hydrolysis) is 1. The Labute approximate surface area is 126 Å². The largest absolute Gasteiger partial charge is 0.463 e. The highest BCUT2D eigenvalue weighted by Gasteiger charge is 2.45. The van der Waals surface area contributed by atoms with Crippen LogP contribution in [0.5, 0.6) is 0 Å². The molecule has 0 unspecified atom stereocenters. The maximum absolute atomic E-state index is 12.7. The fraction of sp³-hybridized carbons (Fsp3) is 0.818. The minimum Gasteiger partial charge on any atom is -0.463 e. The third-order valence-electron chi connectivity index (χ3n) is 2.79. The number of rotatable bonds is 8. The van der Waals surface area contributed by atoms with Gasteiger partial charge in [-0.3, -0.25) is 9.35 Å². The molecule has 22 heavy (non-hydrogen) atoms. The van der Waals surface area contributed by atoms with Gasteiger partial charge in [0.15, 0.2) is 6.61 Å². The van der Waals surface area contributed by atoms with Gasteiger partial charge in [-0.15, -0.1) is 0 Å². The van der Waals surface area contributed by atoms with Crippen molar-refractivity contribution in [3.05, 3.63) is 0 Å². The molecule has 11 heteroatoms. The summed E-state index contributed by atoms with van der Waals surface area (Å²) in [5.41, 5.74) is -0.682. The summed E-state index contributed by atoms with van der Waals surface area (Å²) in [5.74, 6) is -0.483. The lowest BCUT2D eigenvalue weighted by molar-refractivity contribution is -0.153. The fourth-order valence-corrected chi connectivity index (χ4v) is 1.12. The van der Waals surface area contributed by atoms with Crippen molar-refractivity contribution in [2.75, 3.05) is 19.8 Å². The van der Waals surface area contributed by atoms with E-state index in [0.29, 0.717) is 6.42 Å². The topological polar surface area (TPSA) is 119 Å². The summed E-state index contributed by atoms with van der Waals surface area (Å²) in [6.07, 6.45) is -0.791. The summed E-state index contributed by atoms with van der Waals surface area (Å²) in [7, 11) is -5.66. The molecule has 0 aliphatic rings. The lowest BCUT2D eigenvalue weighted by atomic mass is 9.91. The van der Waals surface area contributed by atoms with Crippen molar-refractivity contribution in [1.29, 1.82) is 0 Å². The summed E-state index contributed by atoms with van der Waals surface area (Å²) >= 11 is 0. The number of hydrogen-bond donors (Lipinski definition) is 2. The fourth-order valence-electron chi connectivity index (χ4n) is 0.912. The van der Waals surface area contributed by atoms with Crippen molar-refractivity contribution in [3.8, 4) is 0 Å². The number of nitrogens with one attached hydrogen (secondary N) is 1. The number of ether oxygens (including phenoxy) is 2. The Kier molecular flexibility index (Phi) is 7.16. The van der Waals surface area contributed by atoms with E-state index in [1.165, 1.54) is 0 Å². The van der Waals surface area contributed by atoms with Gasteiger partial charge in [0.05, 0.1) is 12.0 Å². The van der Waals surface area contributed by atoms with Gasteiger partial charge in [-0.2, -0.15) is 17.2 Å². The molecule has 130 valence electrons. The SMILES string of the molecule is CCC(C)(C)C(=O)OCCNC(=O)OCC(F)(F)S(=O)(=O)O. The van der Waals surface area contributed by atoms with E-state index >= 15 is 0 Å². The summed E-state index contributed by atoms with van der Waals surface area (Å²) in [5, 5.41) is -2.61. The molecule has 0 spiro atoms. The van der Waals surface area contributed by atoms with E-state index in [1.54, 1.807) is 20.8 Å². The smallest absolute Gasteiger partial charge is 0.407 e. The van der Waals surface area contributed by atoms with Crippen molar-refractivity contribution in [2.24, 2.45) is 5.41 Å². The lowest BCUT2D eigenvalue weighted by Crippen LogP contribution is -2.38. The van der Waals surface area contributed by atoms with Gasteiger partial charge in [-0.1, -0.05) is 6.92 Å². The van der Waals surface area contributed by atoms with Crippen LogP contribution in [0.1, 0.15) is 27.2 Å². The van der Waals surface area contributed by atoms with Gasteiger partial charge in [0, 0.05) is 0 Å². The van der Waals surface area contributed by atoms with Crippen LogP contribution >= 0.6 is 0 Å². The number of carbonyl (C=O) groups excluding carboxylic acids is 2. The number of carbonyl (C=O) groups is 2. The molecule has 0 aromatic carbocycles. The second-order valence-corrected chi connectivity index (χ2v) is 6.54. The Morgan fingerprint density at radius 2 is 1.77 bits per heavy atom. The van der Waals surface area contributed by atoms with Gasteiger partial charge in [0.2, 0.25) is 0 Å². The van der Waals surface area contributed by atoms with Crippen molar-refractivity contribution < 1.29 is 40.8 Å². The molecule has 0 atom stereocenters. The van der Waals surface area contributed by atoms with Crippen molar-refractivity contribution in [1.82, 2.24) is 5.32 Å². The van der Waals surface area contributed by atoms with Crippen LogP contribution in [-0.4, -0.2) is 50.0 Å². The third-order valence-corrected chi connectivity index (χ3v) is 3.66. The highest BCUT2D eigenvalue weighted by atomic mass is 32.2. The number of hydrogen-bond acceptors (Lipinski definition) is 6. The third kappa shape index (κ3) is 6.52. The van der Waals surface area contributed by atoms with Crippen molar-refractivity contribution in [3.63, 3.8) is 0 Å². The molecule has 0 aliphatic carbocycles. The zero-order valence-corrected chi connectivity index (χ0v) is 13.2. The molecule has 2 N–H and O–H groups in total. The van der Waals surface area contributed by atoms with Gasteiger partial charge < -0.3 is 14.8 Å². The predicted octanol–water partition coefficient (Wildman–Crippen LogP) is 1.17. The molecule has 0 bridgehead atoms. The molecular formula is C11H19F2NO7S. The summed E-state index contributed by atoms with van der Waals surface area (Å²) in [6.45, 7) is 2.91. The summed E-state index contributed by atoms with van der Waals surface area (Å²) in [4.78, 5) is 22.6. The molecule has 1 amide bonds. The normalized spacial score (nSPS) is 12.6. The van der Waals surface area contributed by atoms with Gasteiger partial charge in [-0.25, -0.2) is 4.79 Å². The Hall–Kier alpha value is -1.49. The van der Waals surface area contributed by atoms with E-state index in [2.05, 4.69) is 4.74 Å². The minimum absolute atomic E-state index is 0.202. The molecule has 0 rings (SSSR count). The van der Waals surface area contributed by atoms with Crippen LogP contribution in [0.3, 0.4) is 0 Å². The highest BCUT2D eigenvalue weighted by molar-refractivity contribution is 7.86. The average Bonchev–Trinajstić information content (AvgIpc) is 2.39. The van der Waals surface area contributed by atoms with Gasteiger partial charge >= 0.3 is 27.4 Å². The Bertz CT molecular complexity index is 505. The van der Waals surface area contributed by atoms with Crippen LogP contribution in [0, 0.1) is 5.41 Å². The second kappa shape index (κ2) is 7.68. The number of halogens is 2. The van der Waals surface area contributed by atoms with Crippen LogP contribution < -0.4 is 5.32 Å². The van der Waals surface area contributed by atoms with E-state index in [0.717, 1.165) is 0 Å². The highest BCUT2D eigenvalue weighted by Crippen LogP contribution is 2.21. The van der Waals surface area contributed by atoms with Crippen LogP contribution in [0.25, 0.3) is 0 Å². The van der Waals surface area contributed by atoms with E-state index in [9.17, 15) is 26.8 Å². The zero-order chi connectivity index (χ0) is 17.6. The van der Waals surface area contributed by atoms with Crippen LogP contribution in [-0.2, 0) is 24.4 Å². The molecule has 0 aromatic heterocycles. The Morgan fingerprint density at radius 1 is 1.23 bits per heavy atom. The molecule has 0 saturated heterocycles. The van der Waals surface area contributed by atoms with Gasteiger partial charge in [-0.05, 0) is 20.3 Å². The maximum atomic E-state index is 12.7. The van der Waals surface area contributed by atoms with Crippen LogP contribution in [0.4, 0.5) is 13.6 Å². The Morgan fingerprint density at radius 3 is 2.23 bits per heavy atom. The lowest BCUT2D eigenvalue weighted by Gasteiger charge is -2.20. The molecule has 0 radical (unpaired) electrons.